The number of alkyl halides is 3. The number of rotatable bonds is 5. The van der Waals surface area contributed by atoms with Crippen LogP contribution in [0.1, 0.15) is 16.2 Å². The summed E-state index contributed by atoms with van der Waals surface area (Å²) in [5, 5.41) is 23.4. The molecule has 0 aliphatic heterocycles. The summed E-state index contributed by atoms with van der Waals surface area (Å²) in [5.74, 6) is -0.604. The molecule has 39 heavy (non-hydrogen) atoms. The van der Waals surface area contributed by atoms with Crippen LogP contribution in [0.3, 0.4) is 0 Å². The summed E-state index contributed by atoms with van der Waals surface area (Å²) in [6, 6.07) is 15.2. The summed E-state index contributed by atoms with van der Waals surface area (Å²) in [7, 11) is 0. The molecule has 5 aromatic rings. The van der Waals surface area contributed by atoms with Gasteiger partial charge in [-0.3, -0.25) is 10.1 Å². The molecule has 0 atom stereocenters. The van der Waals surface area contributed by atoms with Crippen LogP contribution in [-0.4, -0.2) is 30.6 Å². The minimum atomic E-state index is -4.72. The number of furan rings is 1. The number of aromatic carboxylic acids is 1. The van der Waals surface area contributed by atoms with E-state index in [9.17, 15) is 28.1 Å². The molecule has 0 radical (unpaired) electrons. The second kappa shape index (κ2) is 10.7. The zero-order valence-electron chi connectivity index (χ0n) is 19.2. The minimum absolute atomic E-state index is 0.0150. The molecule has 0 saturated carbocycles. The van der Waals surface area contributed by atoms with E-state index in [4.69, 9.17) is 31.6 Å². The number of hydrogen-bond acceptors (Lipinski definition) is 7. The van der Waals surface area contributed by atoms with E-state index in [0.29, 0.717) is 15.3 Å². The van der Waals surface area contributed by atoms with Crippen LogP contribution in [0.4, 0.5) is 24.5 Å². The van der Waals surface area contributed by atoms with Crippen LogP contribution in [0.25, 0.3) is 22.8 Å². The fourth-order valence-electron chi connectivity index (χ4n) is 3.25. The van der Waals surface area contributed by atoms with Crippen molar-refractivity contribution in [2.75, 3.05) is 0 Å². The molecule has 3 heterocycles. The monoisotopic (exact) mass is 560 g/mol. The van der Waals surface area contributed by atoms with E-state index in [1.807, 2.05) is 0 Å². The van der Waals surface area contributed by atoms with Crippen molar-refractivity contribution in [3.05, 3.63) is 105 Å². The van der Waals surface area contributed by atoms with Crippen molar-refractivity contribution < 1.29 is 37.1 Å². The van der Waals surface area contributed by atoms with Crippen molar-refractivity contribution >= 4 is 34.6 Å². The van der Waals surface area contributed by atoms with E-state index < -0.39 is 28.5 Å². The summed E-state index contributed by atoms with van der Waals surface area (Å²) in [6.45, 7) is 0. The number of ether oxygens (including phenoxy) is 1. The lowest BCUT2D eigenvalue weighted by Crippen LogP contribution is -2.14. The van der Waals surface area contributed by atoms with Gasteiger partial charge in [0, 0.05) is 17.2 Å². The van der Waals surface area contributed by atoms with Gasteiger partial charge in [0.25, 0.3) is 5.69 Å². The van der Waals surface area contributed by atoms with Crippen molar-refractivity contribution in [2.45, 2.75) is 6.18 Å². The number of carboxylic acids is 1. The molecule has 200 valence electrons. The number of nitro groups is 1. The van der Waals surface area contributed by atoms with Gasteiger partial charge in [0.15, 0.2) is 22.8 Å². The average Bonchev–Trinajstić information content (AvgIpc) is 3.53. The predicted molar refractivity (Wildman–Crippen MR) is 131 cm³/mol. The van der Waals surface area contributed by atoms with E-state index in [2.05, 4.69) is 10.1 Å². The van der Waals surface area contributed by atoms with Crippen LogP contribution in [0, 0.1) is 10.1 Å². The van der Waals surface area contributed by atoms with Crippen LogP contribution in [0.15, 0.2) is 77.4 Å². The first-order chi connectivity index (χ1) is 18.4. The SMILES string of the molecule is O=C(O)c1cc2nc(-c3ccco3)cc(C(F)(F)F)n2n1.[NH-]c1cc(Oc2cccc(Cl)c2)cc([N+](=O)[O-])c1. The molecular formula is C24H14ClF3N5O6-. The summed E-state index contributed by atoms with van der Waals surface area (Å²) < 4.78 is 50.1. The van der Waals surface area contributed by atoms with E-state index >= 15 is 0 Å². The third kappa shape index (κ3) is 6.42. The Morgan fingerprint density at radius 2 is 1.87 bits per heavy atom. The van der Waals surface area contributed by atoms with Crippen LogP contribution in [-0.2, 0) is 6.18 Å². The Labute approximate surface area is 221 Å². The van der Waals surface area contributed by atoms with Gasteiger partial charge in [0.1, 0.15) is 17.2 Å². The van der Waals surface area contributed by atoms with Crippen molar-refractivity contribution in [3.63, 3.8) is 0 Å². The lowest BCUT2D eigenvalue weighted by Gasteiger charge is -2.09. The van der Waals surface area contributed by atoms with E-state index in [0.717, 1.165) is 18.2 Å². The smallest absolute Gasteiger partial charge is 0.433 e. The number of nitrogens with one attached hydrogen (secondary N) is 1. The maximum Gasteiger partial charge on any atom is 0.433 e. The standard InChI is InChI=1S/C12H8ClN2O3.C12H6F3N3O3/c13-8-2-1-3-11(4-8)18-12-6-9(14)5-10(7-12)15(16)17;13-12(14,15)9-4-6(8-2-1-3-21-8)16-10-5-7(11(19)20)17-18(9)10/h1-7,14H;1-5H,(H,19,20)/q-1;. The van der Waals surface area contributed by atoms with Gasteiger partial charge in [0.2, 0.25) is 0 Å². The highest BCUT2D eigenvalue weighted by atomic mass is 35.5. The van der Waals surface area contributed by atoms with E-state index in [1.54, 1.807) is 24.3 Å². The van der Waals surface area contributed by atoms with E-state index in [1.165, 1.54) is 30.5 Å². The number of non-ortho nitro benzene ring substituents is 1. The molecule has 0 amide bonds. The number of aromatic nitrogens is 3. The Balaban J connectivity index is 0.000000183. The zero-order chi connectivity index (χ0) is 28.3. The number of halogens is 4. The molecule has 3 aromatic heterocycles. The molecule has 2 N–H and O–H groups in total. The molecule has 0 fully saturated rings. The van der Waals surface area contributed by atoms with Crippen LogP contribution < -0.4 is 4.74 Å². The molecule has 0 saturated heterocycles. The first kappa shape index (κ1) is 26.9. The third-order valence-corrected chi connectivity index (χ3v) is 5.08. The molecule has 0 aliphatic rings. The maximum atomic E-state index is 13.1. The zero-order valence-corrected chi connectivity index (χ0v) is 20.0. The number of carbonyl (C=O) groups is 1. The summed E-state index contributed by atoms with van der Waals surface area (Å²) >= 11 is 5.80. The second-order valence-electron chi connectivity index (χ2n) is 7.64. The van der Waals surface area contributed by atoms with Crippen LogP contribution >= 0.6 is 11.6 Å². The van der Waals surface area contributed by atoms with Gasteiger partial charge in [-0.2, -0.15) is 18.3 Å². The molecule has 2 aromatic carbocycles. The largest absolute Gasteiger partial charge is 0.698 e. The van der Waals surface area contributed by atoms with Crippen LogP contribution in [0.2, 0.25) is 5.02 Å². The average molecular weight is 561 g/mol. The topological polar surface area (TPSA) is 157 Å². The van der Waals surface area contributed by atoms with Gasteiger partial charge >= 0.3 is 12.1 Å². The summed E-state index contributed by atoms with van der Waals surface area (Å²) in [5.41, 5.74) is 5.36. The highest BCUT2D eigenvalue weighted by Crippen LogP contribution is 2.33. The highest BCUT2D eigenvalue weighted by molar-refractivity contribution is 6.30. The van der Waals surface area contributed by atoms with Gasteiger partial charge in [-0.1, -0.05) is 17.7 Å². The number of nitrogens with zero attached hydrogens (tertiary/aromatic N) is 4. The fraction of sp³-hybridized carbons (Fsp3) is 0.0417. The van der Waals surface area contributed by atoms with Gasteiger partial charge < -0.3 is 20.0 Å². The third-order valence-electron chi connectivity index (χ3n) is 4.84. The van der Waals surface area contributed by atoms with Crippen molar-refractivity contribution in [2.24, 2.45) is 0 Å². The second-order valence-corrected chi connectivity index (χ2v) is 8.07. The number of fused-ring (bicyclic) bond motifs is 1. The Morgan fingerprint density at radius 3 is 2.49 bits per heavy atom. The minimum Gasteiger partial charge on any atom is -0.698 e. The summed E-state index contributed by atoms with van der Waals surface area (Å²) in [6.07, 6.45) is -3.42. The van der Waals surface area contributed by atoms with Crippen molar-refractivity contribution in [3.8, 4) is 23.0 Å². The molecule has 0 spiro atoms. The van der Waals surface area contributed by atoms with Gasteiger partial charge in [-0.25, -0.2) is 14.3 Å². The Morgan fingerprint density at radius 1 is 1.10 bits per heavy atom. The molecule has 5 rings (SSSR count). The van der Waals surface area contributed by atoms with Crippen molar-refractivity contribution in [1.82, 2.24) is 14.6 Å². The van der Waals surface area contributed by atoms with E-state index in [-0.39, 0.29) is 34.2 Å². The molecule has 11 nitrogen and oxygen atoms in total. The quantitative estimate of drug-likeness (QED) is 0.172. The normalized spacial score (nSPS) is 11.1. The van der Waals surface area contributed by atoms with Gasteiger partial charge in [-0.15, -0.1) is 5.69 Å². The predicted octanol–water partition coefficient (Wildman–Crippen LogP) is 7.43. The molecule has 0 unspecified atom stereocenters. The van der Waals surface area contributed by atoms with Crippen LogP contribution in [0.5, 0.6) is 11.5 Å². The molecule has 0 aliphatic carbocycles. The first-order valence-corrected chi connectivity index (χ1v) is 11.0. The Hall–Kier alpha value is -5.11. The van der Waals surface area contributed by atoms with Crippen molar-refractivity contribution in [1.29, 1.82) is 0 Å². The fourth-order valence-corrected chi connectivity index (χ4v) is 3.43. The number of hydrogen-bond donors (Lipinski definition) is 1. The Bertz CT molecular complexity index is 1670. The molecule has 15 heteroatoms. The Kier molecular flexibility index (Phi) is 7.40. The number of nitro benzene ring substituents is 1. The lowest BCUT2D eigenvalue weighted by atomic mass is 10.2. The maximum absolute atomic E-state index is 13.1. The van der Waals surface area contributed by atoms with Gasteiger partial charge in [0.05, 0.1) is 17.3 Å². The number of carboxylic acid groups (broad SMARTS) is 1. The first-order valence-electron chi connectivity index (χ1n) is 10.6. The highest BCUT2D eigenvalue weighted by Gasteiger charge is 2.36. The molecule has 0 bridgehead atoms. The number of benzene rings is 2. The summed E-state index contributed by atoms with van der Waals surface area (Å²) in [4.78, 5) is 24.9. The van der Waals surface area contributed by atoms with Gasteiger partial charge in [-0.05, 0) is 42.5 Å². The lowest BCUT2D eigenvalue weighted by molar-refractivity contribution is -0.384. The molecular weight excluding hydrogens is 547 g/mol.